The van der Waals surface area contributed by atoms with Crippen molar-refractivity contribution < 1.29 is 23.9 Å². The number of para-hydroxylation sites is 1. The van der Waals surface area contributed by atoms with Crippen LogP contribution >= 0.6 is 11.6 Å². The molecule has 0 bridgehead atoms. The van der Waals surface area contributed by atoms with Gasteiger partial charge in [-0.2, -0.15) is 0 Å². The number of Topliss-reactive ketones (excluding diaryl/α,β-unsaturated/α-hetero) is 1. The Hall–Kier alpha value is -3.12. The van der Waals surface area contributed by atoms with E-state index in [4.69, 9.17) is 21.1 Å². The Morgan fingerprint density at radius 3 is 2.32 bits per heavy atom. The van der Waals surface area contributed by atoms with Gasteiger partial charge in [0.1, 0.15) is 5.60 Å². The molecule has 1 heterocycles. The van der Waals surface area contributed by atoms with Crippen molar-refractivity contribution in [3.8, 4) is 0 Å². The molecular weight excluding hydrogens is 418 g/mol. The molecule has 0 aliphatic carbocycles. The molecule has 0 saturated carbocycles. The van der Waals surface area contributed by atoms with Crippen LogP contribution in [0.5, 0.6) is 0 Å². The van der Waals surface area contributed by atoms with E-state index in [0.717, 1.165) is 0 Å². The summed E-state index contributed by atoms with van der Waals surface area (Å²) in [6, 6.07) is 13.8. The molecule has 0 aliphatic heterocycles. The Morgan fingerprint density at radius 1 is 1.03 bits per heavy atom. The summed E-state index contributed by atoms with van der Waals surface area (Å²) in [6.45, 7) is 5.32. The molecule has 0 spiro atoms. The smallest absolute Gasteiger partial charge is 0.419 e. The molecule has 0 aliphatic rings. The summed E-state index contributed by atoms with van der Waals surface area (Å²) in [4.78, 5) is 38.4. The maximum Gasteiger partial charge on any atom is 0.419 e. The second kappa shape index (κ2) is 8.94. The molecule has 1 atom stereocenters. The minimum Gasteiger partial charge on any atom is -0.469 e. The average Bonchev–Trinajstić information content (AvgIpc) is 3.10. The van der Waals surface area contributed by atoms with Crippen LogP contribution < -0.4 is 0 Å². The fraction of sp³-hybridized carbons (Fsp3) is 0.292. The van der Waals surface area contributed by atoms with E-state index in [9.17, 15) is 14.4 Å². The molecule has 0 fully saturated rings. The number of ketones is 1. The number of esters is 1. The number of methoxy groups -OCH3 is 1. The molecule has 0 amide bonds. The maximum atomic E-state index is 12.9. The van der Waals surface area contributed by atoms with Crippen molar-refractivity contribution in [3.63, 3.8) is 0 Å². The Bertz CT molecular complexity index is 1140. The van der Waals surface area contributed by atoms with Gasteiger partial charge in [0.15, 0.2) is 5.78 Å². The number of halogens is 1. The zero-order valence-electron chi connectivity index (χ0n) is 17.8. The van der Waals surface area contributed by atoms with Crippen LogP contribution in [0.15, 0.2) is 54.7 Å². The molecule has 1 unspecified atom stereocenters. The molecule has 1 aromatic heterocycles. The molecule has 3 rings (SSSR count). The number of hydrogen-bond acceptors (Lipinski definition) is 5. The first-order valence-electron chi connectivity index (χ1n) is 9.81. The fourth-order valence-electron chi connectivity index (χ4n) is 3.39. The zero-order valence-corrected chi connectivity index (χ0v) is 18.6. The third kappa shape index (κ3) is 4.97. The van der Waals surface area contributed by atoms with E-state index in [2.05, 4.69) is 0 Å². The van der Waals surface area contributed by atoms with Gasteiger partial charge in [-0.3, -0.25) is 14.2 Å². The number of carbonyl (C=O) groups is 3. The third-order valence-corrected chi connectivity index (χ3v) is 5.09. The molecule has 2 aromatic carbocycles. The van der Waals surface area contributed by atoms with Crippen molar-refractivity contribution in [2.24, 2.45) is 0 Å². The van der Waals surface area contributed by atoms with Gasteiger partial charge in [0.25, 0.3) is 0 Å². The summed E-state index contributed by atoms with van der Waals surface area (Å²) in [5.41, 5.74) is 0.721. The van der Waals surface area contributed by atoms with Gasteiger partial charge in [-0.25, -0.2) is 4.79 Å². The first-order valence-corrected chi connectivity index (χ1v) is 10.2. The number of carbonyl (C=O) groups excluding carboxylic acids is 3. The van der Waals surface area contributed by atoms with Crippen molar-refractivity contribution in [2.75, 3.05) is 7.11 Å². The standard InChI is InChI=1S/C24H24ClNO5/c1-24(2,3)31-23(29)26-14-18(15-9-6-8-12-20(15)26)17(22(28)30-4)13-21(27)16-10-5-7-11-19(16)25/h5-12,14,17H,13H2,1-4H3. The summed E-state index contributed by atoms with van der Waals surface area (Å²) in [5.74, 6) is -1.79. The van der Waals surface area contributed by atoms with Gasteiger partial charge in [-0.05, 0) is 44.5 Å². The van der Waals surface area contributed by atoms with E-state index in [1.165, 1.54) is 11.7 Å². The SMILES string of the molecule is COC(=O)C(CC(=O)c1ccccc1Cl)c1cn(C(=O)OC(C)(C)C)c2ccccc12. The molecule has 0 radical (unpaired) electrons. The zero-order chi connectivity index (χ0) is 22.8. The summed E-state index contributed by atoms with van der Waals surface area (Å²) in [7, 11) is 1.27. The highest BCUT2D eigenvalue weighted by Crippen LogP contribution is 2.33. The maximum absolute atomic E-state index is 12.9. The van der Waals surface area contributed by atoms with E-state index >= 15 is 0 Å². The fourth-order valence-corrected chi connectivity index (χ4v) is 3.63. The molecule has 31 heavy (non-hydrogen) atoms. The van der Waals surface area contributed by atoms with E-state index < -0.39 is 23.6 Å². The molecular formula is C24H24ClNO5. The Morgan fingerprint density at radius 2 is 1.68 bits per heavy atom. The van der Waals surface area contributed by atoms with Gasteiger partial charge in [0.05, 0.1) is 23.6 Å². The Labute approximate surface area is 185 Å². The normalized spacial score (nSPS) is 12.4. The summed E-state index contributed by atoms with van der Waals surface area (Å²) < 4.78 is 11.8. The number of fused-ring (bicyclic) bond motifs is 1. The van der Waals surface area contributed by atoms with Crippen LogP contribution in [0.3, 0.4) is 0 Å². The minimum atomic E-state index is -0.914. The number of nitrogens with zero attached hydrogens (tertiary/aromatic N) is 1. The highest BCUT2D eigenvalue weighted by molar-refractivity contribution is 6.34. The van der Waals surface area contributed by atoms with Gasteiger partial charge in [0.2, 0.25) is 0 Å². The van der Waals surface area contributed by atoms with Crippen LogP contribution in [0.2, 0.25) is 5.02 Å². The number of ether oxygens (including phenoxy) is 2. The lowest BCUT2D eigenvalue weighted by Crippen LogP contribution is -2.26. The lowest BCUT2D eigenvalue weighted by molar-refractivity contribution is -0.142. The topological polar surface area (TPSA) is 74.6 Å². The van der Waals surface area contributed by atoms with Crippen LogP contribution in [0.25, 0.3) is 10.9 Å². The Kier molecular flexibility index (Phi) is 6.51. The second-order valence-electron chi connectivity index (χ2n) is 8.13. The van der Waals surface area contributed by atoms with Crippen LogP contribution in [0.4, 0.5) is 4.79 Å². The number of rotatable bonds is 5. The monoisotopic (exact) mass is 441 g/mol. The number of benzene rings is 2. The van der Waals surface area contributed by atoms with Crippen molar-refractivity contribution in [2.45, 2.75) is 38.7 Å². The molecule has 162 valence electrons. The van der Waals surface area contributed by atoms with Gasteiger partial charge >= 0.3 is 12.1 Å². The second-order valence-corrected chi connectivity index (χ2v) is 8.54. The van der Waals surface area contributed by atoms with Crippen LogP contribution in [0, 0.1) is 0 Å². The third-order valence-electron chi connectivity index (χ3n) is 4.76. The summed E-state index contributed by atoms with van der Waals surface area (Å²) in [5, 5.41) is 0.975. The lowest BCUT2D eigenvalue weighted by atomic mass is 9.91. The summed E-state index contributed by atoms with van der Waals surface area (Å²) >= 11 is 6.16. The highest BCUT2D eigenvalue weighted by Gasteiger charge is 2.30. The predicted molar refractivity (Wildman–Crippen MR) is 119 cm³/mol. The molecule has 0 saturated heterocycles. The number of hydrogen-bond donors (Lipinski definition) is 0. The van der Waals surface area contributed by atoms with Crippen molar-refractivity contribution >= 4 is 40.3 Å². The van der Waals surface area contributed by atoms with Crippen molar-refractivity contribution in [3.05, 3.63) is 70.9 Å². The van der Waals surface area contributed by atoms with E-state index in [-0.39, 0.29) is 12.2 Å². The predicted octanol–water partition coefficient (Wildman–Crippen LogP) is 5.61. The molecule has 3 aromatic rings. The number of aromatic nitrogens is 1. The van der Waals surface area contributed by atoms with Crippen LogP contribution in [0.1, 0.15) is 49.0 Å². The first-order chi connectivity index (χ1) is 14.6. The molecule has 7 heteroatoms. The van der Waals surface area contributed by atoms with Crippen molar-refractivity contribution in [1.29, 1.82) is 0 Å². The van der Waals surface area contributed by atoms with E-state index in [1.54, 1.807) is 75.5 Å². The molecule has 0 N–H and O–H groups in total. The van der Waals surface area contributed by atoms with Gasteiger partial charge in [-0.1, -0.05) is 41.9 Å². The van der Waals surface area contributed by atoms with Gasteiger partial charge in [-0.15, -0.1) is 0 Å². The molecule has 6 nitrogen and oxygen atoms in total. The minimum absolute atomic E-state index is 0.154. The van der Waals surface area contributed by atoms with Gasteiger partial charge < -0.3 is 9.47 Å². The first kappa shape index (κ1) is 22.6. The average molecular weight is 442 g/mol. The lowest BCUT2D eigenvalue weighted by Gasteiger charge is -2.19. The Balaban J connectivity index is 2.07. The largest absolute Gasteiger partial charge is 0.469 e. The van der Waals surface area contributed by atoms with E-state index in [0.29, 0.717) is 27.1 Å². The quantitative estimate of drug-likeness (QED) is 0.380. The van der Waals surface area contributed by atoms with Crippen LogP contribution in [-0.4, -0.2) is 35.1 Å². The summed E-state index contributed by atoms with van der Waals surface area (Å²) in [6.07, 6.45) is 0.815. The van der Waals surface area contributed by atoms with Gasteiger partial charge in [0, 0.05) is 23.6 Å². The van der Waals surface area contributed by atoms with Crippen molar-refractivity contribution in [1.82, 2.24) is 4.57 Å². The van der Waals surface area contributed by atoms with Crippen LogP contribution in [-0.2, 0) is 14.3 Å². The van der Waals surface area contributed by atoms with E-state index in [1.807, 2.05) is 0 Å². The highest BCUT2D eigenvalue weighted by atomic mass is 35.5.